The van der Waals surface area contributed by atoms with E-state index >= 15 is 0 Å². The molecule has 2 N–H and O–H groups in total. The lowest BCUT2D eigenvalue weighted by molar-refractivity contribution is -0.135. The second-order valence-corrected chi connectivity index (χ2v) is 5.84. The molecule has 21 heavy (non-hydrogen) atoms. The fourth-order valence-corrected chi connectivity index (χ4v) is 2.49. The number of aryl methyl sites for hydroxylation is 1. The summed E-state index contributed by atoms with van der Waals surface area (Å²) >= 11 is 0. The molecule has 0 radical (unpaired) electrons. The van der Waals surface area contributed by atoms with Gasteiger partial charge in [-0.2, -0.15) is 0 Å². The van der Waals surface area contributed by atoms with Gasteiger partial charge in [0.15, 0.2) is 0 Å². The number of halogens is 1. The molecule has 1 atom stereocenters. The van der Waals surface area contributed by atoms with Gasteiger partial charge in [0.05, 0.1) is 5.54 Å². The van der Waals surface area contributed by atoms with Gasteiger partial charge in [-0.05, 0) is 38.2 Å². The number of likely N-dealkylation sites (N-methyl/N-ethyl adjacent to an activating group) is 1. The van der Waals surface area contributed by atoms with Gasteiger partial charge in [-0.3, -0.25) is 4.79 Å². The van der Waals surface area contributed by atoms with Crippen molar-refractivity contribution < 1.29 is 4.79 Å². The van der Waals surface area contributed by atoms with E-state index in [9.17, 15) is 4.79 Å². The lowest BCUT2D eigenvalue weighted by atomic mass is 9.96. The minimum atomic E-state index is -0.719. The first-order valence-corrected chi connectivity index (χ1v) is 7.55. The van der Waals surface area contributed by atoms with E-state index in [0.29, 0.717) is 0 Å². The predicted octanol–water partition coefficient (Wildman–Crippen LogP) is 3.41. The van der Waals surface area contributed by atoms with E-state index in [0.717, 1.165) is 38.6 Å². The van der Waals surface area contributed by atoms with Crippen LogP contribution in [0.3, 0.4) is 0 Å². The van der Waals surface area contributed by atoms with Gasteiger partial charge in [0.1, 0.15) is 0 Å². The van der Waals surface area contributed by atoms with E-state index in [1.165, 1.54) is 5.56 Å². The Morgan fingerprint density at radius 1 is 1.24 bits per heavy atom. The molecule has 1 unspecified atom stereocenters. The van der Waals surface area contributed by atoms with E-state index in [4.69, 9.17) is 5.73 Å². The molecule has 1 amide bonds. The number of carbonyl (C=O) groups is 1. The summed E-state index contributed by atoms with van der Waals surface area (Å²) in [4.78, 5) is 14.0. The first-order valence-electron chi connectivity index (χ1n) is 7.55. The molecule has 3 nitrogen and oxygen atoms in total. The predicted molar refractivity (Wildman–Crippen MR) is 91.8 cm³/mol. The van der Waals surface area contributed by atoms with Crippen molar-refractivity contribution in [1.29, 1.82) is 0 Å². The SMILES string of the molecule is CCCC(C)(N)C(=O)N(C)CCCCc1ccccc1.Cl. The molecule has 0 aliphatic heterocycles. The van der Waals surface area contributed by atoms with Crippen molar-refractivity contribution in [3.8, 4) is 0 Å². The molecular weight excluding hydrogens is 284 g/mol. The molecule has 0 saturated carbocycles. The second kappa shape index (κ2) is 9.80. The van der Waals surface area contributed by atoms with E-state index in [-0.39, 0.29) is 18.3 Å². The summed E-state index contributed by atoms with van der Waals surface area (Å²) in [6, 6.07) is 10.5. The Hall–Kier alpha value is -1.06. The molecule has 1 aromatic rings. The van der Waals surface area contributed by atoms with E-state index in [1.54, 1.807) is 4.90 Å². The van der Waals surface area contributed by atoms with Crippen LogP contribution in [0.15, 0.2) is 30.3 Å². The lowest BCUT2D eigenvalue weighted by Gasteiger charge is -2.29. The average molecular weight is 313 g/mol. The molecule has 120 valence electrons. The molecule has 1 rings (SSSR count). The van der Waals surface area contributed by atoms with Crippen LogP contribution >= 0.6 is 12.4 Å². The van der Waals surface area contributed by atoms with Crippen LogP contribution in [-0.4, -0.2) is 29.9 Å². The number of unbranched alkanes of at least 4 members (excludes halogenated alkanes) is 1. The van der Waals surface area contributed by atoms with Gasteiger partial charge in [0, 0.05) is 13.6 Å². The quantitative estimate of drug-likeness (QED) is 0.748. The molecule has 0 fully saturated rings. The minimum Gasteiger partial charge on any atom is -0.344 e. The molecule has 4 heteroatoms. The third-order valence-electron chi connectivity index (χ3n) is 3.66. The lowest BCUT2D eigenvalue weighted by Crippen LogP contribution is -2.52. The Morgan fingerprint density at radius 3 is 2.43 bits per heavy atom. The topological polar surface area (TPSA) is 46.3 Å². The number of benzene rings is 1. The van der Waals surface area contributed by atoms with Crippen LogP contribution in [0.25, 0.3) is 0 Å². The number of hydrogen-bond acceptors (Lipinski definition) is 2. The molecule has 0 saturated heterocycles. The number of nitrogens with zero attached hydrogens (tertiary/aromatic N) is 1. The Kier molecular flexibility index (Phi) is 9.31. The second-order valence-electron chi connectivity index (χ2n) is 5.84. The van der Waals surface area contributed by atoms with Crippen molar-refractivity contribution in [2.45, 2.75) is 51.5 Å². The summed E-state index contributed by atoms with van der Waals surface area (Å²) in [7, 11) is 1.85. The van der Waals surface area contributed by atoms with Crippen molar-refractivity contribution >= 4 is 18.3 Å². The van der Waals surface area contributed by atoms with Crippen molar-refractivity contribution in [3.05, 3.63) is 35.9 Å². The van der Waals surface area contributed by atoms with Crippen LogP contribution in [0.2, 0.25) is 0 Å². The molecular formula is C17H29ClN2O. The molecule has 0 spiro atoms. The molecule has 0 bridgehead atoms. The van der Waals surface area contributed by atoms with Gasteiger partial charge in [0.2, 0.25) is 5.91 Å². The fraction of sp³-hybridized carbons (Fsp3) is 0.588. The normalized spacial score (nSPS) is 13.1. The highest BCUT2D eigenvalue weighted by Crippen LogP contribution is 2.13. The van der Waals surface area contributed by atoms with Gasteiger partial charge in [-0.1, -0.05) is 43.7 Å². The average Bonchev–Trinajstić information content (AvgIpc) is 2.43. The zero-order valence-electron chi connectivity index (χ0n) is 13.5. The Labute approximate surface area is 135 Å². The van der Waals surface area contributed by atoms with E-state index < -0.39 is 5.54 Å². The molecule has 0 aliphatic rings. The summed E-state index contributed by atoms with van der Waals surface area (Å²) < 4.78 is 0. The van der Waals surface area contributed by atoms with Gasteiger partial charge >= 0.3 is 0 Å². The third-order valence-corrected chi connectivity index (χ3v) is 3.66. The van der Waals surface area contributed by atoms with E-state index in [1.807, 2.05) is 20.0 Å². The number of nitrogens with two attached hydrogens (primary N) is 1. The monoisotopic (exact) mass is 312 g/mol. The van der Waals surface area contributed by atoms with Crippen LogP contribution in [0.5, 0.6) is 0 Å². The number of hydrogen-bond donors (Lipinski definition) is 1. The highest BCUT2D eigenvalue weighted by molar-refractivity contribution is 5.85. The number of amides is 1. The van der Waals surface area contributed by atoms with Crippen molar-refractivity contribution in [1.82, 2.24) is 4.90 Å². The molecule has 0 heterocycles. The maximum Gasteiger partial charge on any atom is 0.242 e. The zero-order valence-corrected chi connectivity index (χ0v) is 14.3. The standard InChI is InChI=1S/C17H28N2O.ClH/c1-4-13-17(2,18)16(20)19(3)14-9-8-12-15-10-6-5-7-11-15;/h5-7,10-11H,4,8-9,12-14,18H2,1-3H3;1H. The van der Waals surface area contributed by atoms with Crippen molar-refractivity contribution in [3.63, 3.8) is 0 Å². The number of rotatable bonds is 8. The summed E-state index contributed by atoms with van der Waals surface area (Å²) in [5, 5.41) is 0. The smallest absolute Gasteiger partial charge is 0.242 e. The summed E-state index contributed by atoms with van der Waals surface area (Å²) in [6.45, 7) is 4.67. The minimum absolute atomic E-state index is 0. The maximum absolute atomic E-state index is 12.2. The Bertz CT molecular complexity index is 407. The highest BCUT2D eigenvalue weighted by atomic mass is 35.5. The summed E-state index contributed by atoms with van der Waals surface area (Å²) in [5.41, 5.74) is 6.71. The van der Waals surface area contributed by atoms with Gasteiger partial charge in [0.25, 0.3) is 0 Å². The Morgan fingerprint density at radius 2 is 1.86 bits per heavy atom. The first kappa shape index (κ1) is 19.9. The number of carbonyl (C=O) groups excluding carboxylic acids is 1. The summed E-state index contributed by atoms with van der Waals surface area (Å²) in [5.74, 6) is 0.0547. The van der Waals surface area contributed by atoms with Crippen LogP contribution < -0.4 is 5.73 Å². The highest BCUT2D eigenvalue weighted by Gasteiger charge is 2.29. The van der Waals surface area contributed by atoms with E-state index in [2.05, 4.69) is 31.2 Å². The maximum atomic E-state index is 12.2. The molecule has 1 aromatic carbocycles. The van der Waals surface area contributed by atoms with Crippen LogP contribution in [-0.2, 0) is 11.2 Å². The summed E-state index contributed by atoms with van der Waals surface area (Å²) in [6.07, 6.45) is 4.84. The zero-order chi connectivity index (χ0) is 15.0. The fourth-order valence-electron chi connectivity index (χ4n) is 2.49. The molecule has 0 aliphatic carbocycles. The Balaban J connectivity index is 0.00000400. The largest absolute Gasteiger partial charge is 0.344 e. The molecule has 0 aromatic heterocycles. The van der Waals surface area contributed by atoms with Crippen molar-refractivity contribution in [2.24, 2.45) is 5.73 Å². The van der Waals surface area contributed by atoms with Crippen LogP contribution in [0.1, 0.15) is 45.1 Å². The van der Waals surface area contributed by atoms with Crippen LogP contribution in [0, 0.1) is 0 Å². The van der Waals surface area contributed by atoms with Gasteiger partial charge in [-0.25, -0.2) is 0 Å². The van der Waals surface area contributed by atoms with Crippen molar-refractivity contribution in [2.75, 3.05) is 13.6 Å². The van der Waals surface area contributed by atoms with Gasteiger partial charge in [-0.15, -0.1) is 12.4 Å². The van der Waals surface area contributed by atoms with Crippen LogP contribution in [0.4, 0.5) is 0 Å². The first-order chi connectivity index (χ1) is 9.47. The van der Waals surface area contributed by atoms with Gasteiger partial charge < -0.3 is 10.6 Å². The third kappa shape index (κ3) is 6.96.